The lowest BCUT2D eigenvalue weighted by Crippen LogP contribution is -2.30. The van der Waals surface area contributed by atoms with E-state index in [0.717, 1.165) is 6.07 Å². The highest BCUT2D eigenvalue weighted by Gasteiger charge is 2.67. The minimum Gasteiger partial charge on any atom is -0.326 e. The van der Waals surface area contributed by atoms with Gasteiger partial charge in [0, 0.05) is 17.7 Å². The SMILES string of the molecule is O=C(Nc1cc(NC(=O)C(F)(F)F)c(F)cc1F)c1cc(NC(=O)[C@H]2[C@H](c3cc(Cl)c(Cl)c(Cl)c3)C2(Cl)Cl)ccc1Cl. The molecule has 0 aromatic heterocycles. The first-order valence-corrected chi connectivity index (χ1v) is 13.5. The van der Waals surface area contributed by atoms with Crippen molar-refractivity contribution in [3.05, 3.63) is 85.3 Å². The lowest BCUT2D eigenvalue weighted by Gasteiger charge is -2.13. The van der Waals surface area contributed by atoms with E-state index >= 15 is 0 Å². The standard InChI is InChI=1S/C25H12Cl6F5N3O3/c26-11-2-1-9(37-22(41)19-18(24(19,30)31)8-3-12(27)20(29)13(28)4-8)5-10(11)21(40)38-16-7-17(15(33)6-14(16)32)39-23(42)25(34,35)36/h1-7,18-19H,(H,37,41)(H,38,40)(H,39,42)/t18-,19+/m0/s1. The van der Waals surface area contributed by atoms with E-state index in [1.165, 1.54) is 29.6 Å². The second kappa shape index (κ2) is 11.9. The molecular weight excluding hydrogens is 698 g/mol. The molecule has 0 heterocycles. The van der Waals surface area contributed by atoms with Crippen molar-refractivity contribution in [2.75, 3.05) is 16.0 Å². The summed E-state index contributed by atoms with van der Waals surface area (Å²) in [5, 5.41) is 5.99. The molecule has 42 heavy (non-hydrogen) atoms. The quantitative estimate of drug-likeness (QED) is 0.136. The Kier molecular flexibility index (Phi) is 9.14. The molecule has 0 bridgehead atoms. The molecule has 1 saturated carbocycles. The summed E-state index contributed by atoms with van der Waals surface area (Å²) in [4.78, 5) is 37.1. The van der Waals surface area contributed by atoms with Crippen LogP contribution in [-0.4, -0.2) is 28.2 Å². The van der Waals surface area contributed by atoms with Gasteiger partial charge in [0.2, 0.25) is 5.91 Å². The largest absolute Gasteiger partial charge is 0.471 e. The van der Waals surface area contributed by atoms with E-state index in [0.29, 0.717) is 11.6 Å². The maximum Gasteiger partial charge on any atom is 0.471 e. The summed E-state index contributed by atoms with van der Waals surface area (Å²) < 4.78 is 64.4. The number of hydrogen-bond acceptors (Lipinski definition) is 3. The summed E-state index contributed by atoms with van der Waals surface area (Å²) in [5.41, 5.74) is -1.66. The molecular formula is C25H12Cl6F5N3O3. The van der Waals surface area contributed by atoms with Crippen LogP contribution < -0.4 is 16.0 Å². The van der Waals surface area contributed by atoms with Gasteiger partial charge in [-0.1, -0.05) is 46.4 Å². The molecule has 17 heteroatoms. The summed E-state index contributed by atoms with van der Waals surface area (Å²) in [6.07, 6.45) is -5.36. The Hall–Kier alpha value is -2.54. The van der Waals surface area contributed by atoms with E-state index < -0.39 is 63.1 Å². The van der Waals surface area contributed by atoms with E-state index in [2.05, 4.69) is 5.32 Å². The Balaban J connectivity index is 1.52. The lowest BCUT2D eigenvalue weighted by atomic mass is 10.1. The molecule has 0 unspecified atom stereocenters. The Labute approximate surface area is 263 Å². The summed E-state index contributed by atoms with van der Waals surface area (Å²) >= 11 is 36.9. The number of rotatable bonds is 6. The van der Waals surface area contributed by atoms with Gasteiger partial charge in [0.05, 0.1) is 42.9 Å². The minimum atomic E-state index is -5.36. The minimum absolute atomic E-state index is 0.0363. The molecule has 3 aromatic rings. The number of amides is 3. The molecule has 0 spiro atoms. The average Bonchev–Trinajstić information content (AvgIpc) is 3.47. The third-order valence-electron chi connectivity index (χ3n) is 5.99. The van der Waals surface area contributed by atoms with Gasteiger partial charge in [0.15, 0.2) is 0 Å². The van der Waals surface area contributed by atoms with Crippen molar-refractivity contribution in [2.45, 2.75) is 16.4 Å². The van der Waals surface area contributed by atoms with E-state index in [9.17, 15) is 36.3 Å². The molecule has 1 aliphatic rings. The van der Waals surface area contributed by atoms with Crippen LogP contribution in [0, 0.1) is 17.6 Å². The Morgan fingerprint density at radius 3 is 1.90 bits per heavy atom. The van der Waals surface area contributed by atoms with Crippen molar-refractivity contribution in [2.24, 2.45) is 5.92 Å². The van der Waals surface area contributed by atoms with Crippen LogP contribution in [-0.2, 0) is 9.59 Å². The summed E-state index contributed by atoms with van der Waals surface area (Å²) in [7, 11) is 0. The number of carbonyl (C=O) groups excluding carboxylic acids is 3. The molecule has 0 radical (unpaired) electrons. The molecule has 0 saturated heterocycles. The summed E-state index contributed by atoms with van der Waals surface area (Å²) in [5.74, 6) is -8.87. The monoisotopic (exact) mass is 707 g/mol. The fourth-order valence-corrected chi connectivity index (χ4v) is 5.59. The van der Waals surface area contributed by atoms with Crippen molar-refractivity contribution in [3.63, 3.8) is 0 Å². The topological polar surface area (TPSA) is 87.3 Å². The number of alkyl halides is 5. The molecule has 1 fully saturated rings. The molecule has 3 N–H and O–H groups in total. The predicted molar refractivity (Wildman–Crippen MR) is 151 cm³/mol. The molecule has 3 aromatic carbocycles. The molecule has 222 valence electrons. The average molecular weight is 710 g/mol. The smallest absolute Gasteiger partial charge is 0.326 e. The zero-order chi connectivity index (χ0) is 31.3. The first kappa shape index (κ1) is 32.4. The lowest BCUT2D eigenvalue weighted by molar-refractivity contribution is -0.167. The maximum atomic E-state index is 14.3. The van der Waals surface area contributed by atoms with Crippen molar-refractivity contribution in [3.8, 4) is 0 Å². The fourth-order valence-electron chi connectivity index (χ4n) is 3.94. The first-order valence-electron chi connectivity index (χ1n) is 11.2. The molecule has 6 nitrogen and oxygen atoms in total. The number of hydrogen-bond donors (Lipinski definition) is 3. The second-order valence-electron chi connectivity index (χ2n) is 8.83. The van der Waals surface area contributed by atoms with Crippen LogP contribution in [0.25, 0.3) is 0 Å². The zero-order valence-corrected chi connectivity index (χ0v) is 24.6. The van der Waals surface area contributed by atoms with Gasteiger partial charge in [-0.2, -0.15) is 13.2 Å². The highest BCUT2D eigenvalue weighted by molar-refractivity contribution is 6.54. The van der Waals surface area contributed by atoms with Gasteiger partial charge in [0.25, 0.3) is 5.91 Å². The number of halogens is 11. The van der Waals surface area contributed by atoms with Gasteiger partial charge in [-0.15, -0.1) is 23.2 Å². The van der Waals surface area contributed by atoms with Crippen LogP contribution in [0.4, 0.5) is 39.0 Å². The van der Waals surface area contributed by atoms with Crippen molar-refractivity contribution >= 4 is 104 Å². The third-order valence-corrected chi connectivity index (χ3v) is 8.46. The van der Waals surface area contributed by atoms with Gasteiger partial charge < -0.3 is 16.0 Å². The number of nitrogens with one attached hydrogen (secondary N) is 3. The first-order chi connectivity index (χ1) is 19.4. The predicted octanol–water partition coefficient (Wildman–Crippen LogP) is 8.86. The summed E-state index contributed by atoms with van der Waals surface area (Å²) in [6.45, 7) is 0. The van der Waals surface area contributed by atoms with Crippen LogP contribution in [0.3, 0.4) is 0 Å². The van der Waals surface area contributed by atoms with Crippen LogP contribution in [0.15, 0.2) is 42.5 Å². The fraction of sp³-hybridized carbons (Fsp3) is 0.160. The molecule has 0 aliphatic heterocycles. The zero-order valence-electron chi connectivity index (χ0n) is 20.1. The van der Waals surface area contributed by atoms with Gasteiger partial charge >= 0.3 is 12.1 Å². The van der Waals surface area contributed by atoms with Crippen LogP contribution in [0.1, 0.15) is 21.8 Å². The molecule has 2 atom stereocenters. The van der Waals surface area contributed by atoms with Gasteiger partial charge in [-0.3, -0.25) is 14.4 Å². The third kappa shape index (κ3) is 6.66. The highest BCUT2D eigenvalue weighted by atomic mass is 35.5. The number of carbonyl (C=O) groups is 3. The number of anilines is 3. The van der Waals surface area contributed by atoms with Crippen LogP contribution in [0.5, 0.6) is 0 Å². The maximum absolute atomic E-state index is 14.3. The Morgan fingerprint density at radius 1 is 0.762 bits per heavy atom. The van der Waals surface area contributed by atoms with Crippen molar-refractivity contribution in [1.82, 2.24) is 0 Å². The van der Waals surface area contributed by atoms with E-state index in [-0.39, 0.29) is 37.4 Å². The van der Waals surface area contributed by atoms with Crippen LogP contribution in [0.2, 0.25) is 20.1 Å². The van der Waals surface area contributed by atoms with Crippen molar-refractivity contribution in [1.29, 1.82) is 0 Å². The summed E-state index contributed by atoms with van der Waals surface area (Å²) in [6, 6.07) is 7.21. The molecule has 3 amide bonds. The molecule has 1 aliphatic carbocycles. The van der Waals surface area contributed by atoms with Crippen LogP contribution >= 0.6 is 69.6 Å². The van der Waals surface area contributed by atoms with Gasteiger partial charge in [-0.25, -0.2) is 8.78 Å². The number of benzene rings is 3. The van der Waals surface area contributed by atoms with E-state index in [1.54, 1.807) is 0 Å². The van der Waals surface area contributed by atoms with Crippen molar-refractivity contribution < 1.29 is 36.3 Å². The molecule has 4 rings (SSSR count). The normalized spacial score (nSPS) is 17.4. The Morgan fingerprint density at radius 2 is 1.33 bits per heavy atom. The van der Waals surface area contributed by atoms with Gasteiger partial charge in [0.1, 0.15) is 16.0 Å². The Bertz CT molecular complexity index is 1610. The van der Waals surface area contributed by atoms with Gasteiger partial charge in [-0.05, 0) is 42.0 Å². The van der Waals surface area contributed by atoms with E-state index in [1.807, 2.05) is 5.32 Å². The second-order valence-corrected chi connectivity index (χ2v) is 11.9. The highest BCUT2D eigenvalue weighted by Crippen LogP contribution is 2.65. The van der Waals surface area contributed by atoms with E-state index in [4.69, 9.17) is 69.6 Å².